The molecule has 0 aliphatic carbocycles. The Bertz CT molecular complexity index is 763. The van der Waals surface area contributed by atoms with Crippen molar-refractivity contribution in [2.45, 2.75) is 13.8 Å². The summed E-state index contributed by atoms with van der Waals surface area (Å²) in [4.78, 5) is 11.9. The van der Waals surface area contributed by atoms with Crippen LogP contribution in [0.1, 0.15) is 16.7 Å². The number of para-hydroxylation sites is 1. The van der Waals surface area contributed by atoms with E-state index in [0.29, 0.717) is 24.7 Å². The lowest BCUT2D eigenvalue weighted by Crippen LogP contribution is -2.26. The molecule has 0 atom stereocenters. The van der Waals surface area contributed by atoms with E-state index in [2.05, 4.69) is 5.32 Å². The SMILES string of the molecule is COc1ccc(C=CC(=O)NCCOc2c(C)cccc2C)cc1OC. The highest BCUT2D eigenvalue weighted by Crippen LogP contribution is 2.28. The van der Waals surface area contributed by atoms with Crippen LogP contribution >= 0.6 is 0 Å². The molecular weight excluding hydrogens is 330 g/mol. The van der Waals surface area contributed by atoms with Crippen LogP contribution in [0.15, 0.2) is 42.5 Å². The summed E-state index contributed by atoms with van der Waals surface area (Å²) in [7, 11) is 3.16. The third-order valence-electron chi connectivity index (χ3n) is 3.89. The molecule has 5 heteroatoms. The van der Waals surface area contributed by atoms with Crippen LogP contribution in [0, 0.1) is 13.8 Å². The molecule has 0 fully saturated rings. The molecular formula is C21H25NO4. The maximum atomic E-state index is 11.9. The summed E-state index contributed by atoms with van der Waals surface area (Å²) in [6.07, 6.45) is 3.21. The van der Waals surface area contributed by atoms with Gasteiger partial charge in [-0.1, -0.05) is 24.3 Å². The van der Waals surface area contributed by atoms with Crippen LogP contribution in [0.2, 0.25) is 0 Å². The fourth-order valence-corrected chi connectivity index (χ4v) is 2.54. The molecule has 0 unspecified atom stereocenters. The van der Waals surface area contributed by atoms with Crippen LogP contribution in [-0.2, 0) is 4.79 Å². The van der Waals surface area contributed by atoms with E-state index in [-0.39, 0.29) is 5.91 Å². The first-order valence-electron chi connectivity index (χ1n) is 8.42. The van der Waals surface area contributed by atoms with Gasteiger partial charge >= 0.3 is 0 Å². The number of aryl methyl sites for hydroxylation is 2. The Morgan fingerprint density at radius 1 is 1.04 bits per heavy atom. The predicted molar refractivity (Wildman–Crippen MR) is 103 cm³/mol. The second-order valence-corrected chi connectivity index (χ2v) is 5.81. The Kier molecular flexibility index (Phi) is 7.09. The van der Waals surface area contributed by atoms with Crippen LogP contribution in [0.3, 0.4) is 0 Å². The summed E-state index contributed by atoms with van der Waals surface area (Å²) >= 11 is 0. The Morgan fingerprint density at radius 2 is 1.73 bits per heavy atom. The largest absolute Gasteiger partial charge is 0.493 e. The zero-order chi connectivity index (χ0) is 18.9. The minimum Gasteiger partial charge on any atom is -0.493 e. The number of benzene rings is 2. The van der Waals surface area contributed by atoms with Gasteiger partial charge in [0, 0.05) is 6.08 Å². The van der Waals surface area contributed by atoms with Gasteiger partial charge in [0.05, 0.1) is 20.8 Å². The van der Waals surface area contributed by atoms with Crippen LogP contribution in [-0.4, -0.2) is 33.3 Å². The smallest absolute Gasteiger partial charge is 0.244 e. The lowest BCUT2D eigenvalue weighted by molar-refractivity contribution is -0.116. The number of amides is 1. The van der Waals surface area contributed by atoms with Gasteiger partial charge in [0.1, 0.15) is 12.4 Å². The molecule has 0 bridgehead atoms. The van der Waals surface area contributed by atoms with Gasteiger partial charge in [-0.25, -0.2) is 0 Å². The molecule has 0 radical (unpaired) electrons. The van der Waals surface area contributed by atoms with E-state index in [9.17, 15) is 4.79 Å². The van der Waals surface area contributed by atoms with Gasteiger partial charge in [-0.3, -0.25) is 4.79 Å². The second-order valence-electron chi connectivity index (χ2n) is 5.81. The fraction of sp³-hybridized carbons (Fsp3) is 0.286. The zero-order valence-electron chi connectivity index (χ0n) is 15.7. The van der Waals surface area contributed by atoms with Crippen LogP contribution < -0.4 is 19.5 Å². The number of hydrogen-bond acceptors (Lipinski definition) is 4. The normalized spacial score (nSPS) is 10.6. The number of nitrogens with one attached hydrogen (secondary N) is 1. The standard InChI is InChI=1S/C21H25NO4/c1-15-6-5-7-16(2)21(15)26-13-12-22-20(23)11-9-17-8-10-18(24-3)19(14-17)25-4/h5-11,14H,12-13H2,1-4H3,(H,22,23). The first-order valence-corrected chi connectivity index (χ1v) is 8.42. The summed E-state index contributed by atoms with van der Waals surface area (Å²) in [5, 5.41) is 2.81. The number of ether oxygens (including phenoxy) is 3. The van der Waals surface area contributed by atoms with Gasteiger partial charge in [0.15, 0.2) is 11.5 Å². The maximum absolute atomic E-state index is 11.9. The highest BCUT2D eigenvalue weighted by molar-refractivity contribution is 5.91. The summed E-state index contributed by atoms with van der Waals surface area (Å²) in [6.45, 7) is 4.87. The summed E-state index contributed by atoms with van der Waals surface area (Å²) < 4.78 is 16.2. The van der Waals surface area contributed by atoms with Crippen molar-refractivity contribution in [3.63, 3.8) is 0 Å². The Balaban J connectivity index is 1.82. The first kappa shape index (κ1) is 19.4. The summed E-state index contributed by atoms with van der Waals surface area (Å²) in [5.74, 6) is 1.97. The second kappa shape index (κ2) is 9.51. The average Bonchev–Trinajstić information content (AvgIpc) is 2.65. The van der Waals surface area contributed by atoms with Crippen molar-refractivity contribution in [2.75, 3.05) is 27.4 Å². The van der Waals surface area contributed by atoms with Crippen LogP contribution in [0.5, 0.6) is 17.2 Å². The average molecular weight is 355 g/mol. The zero-order valence-corrected chi connectivity index (χ0v) is 15.7. The highest BCUT2D eigenvalue weighted by Gasteiger charge is 2.04. The van der Waals surface area contributed by atoms with Crippen LogP contribution in [0.4, 0.5) is 0 Å². The van der Waals surface area contributed by atoms with E-state index in [0.717, 1.165) is 22.4 Å². The topological polar surface area (TPSA) is 56.8 Å². The van der Waals surface area contributed by atoms with Crippen molar-refractivity contribution < 1.29 is 19.0 Å². The molecule has 2 rings (SSSR count). The number of rotatable bonds is 8. The molecule has 0 saturated carbocycles. The Hall–Kier alpha value is -2.95. The number of carbonyl (C=O) groups is 1. The Labute approximate surface area is 154 Å². The third kappa shape index (κ3) is 5.28. The molecule has 1 N–H and O–H groups in total. The van der Waals surface area contributed by atoms with Gasteiger partial charge in [-0.2, -0.15) is 0 Å². The molecule has 1 amide bonds. The molecule has 2 aromatic carbocycles. The van der Waals surface area contributed by atoms with Crippen molar-refractivity contribution in [3.8, 4) is 17.2 Å². The van der Waals surface area contributed by atoms with Gasteiger partial charge in [-0.05, 0) is 48.7 Å². The van der Waals surface area contributed by atoms with Crippen molar-refractivity contribution >= 4 is 12.0 Å². The van der Waals surface area contributed by atoms with E-state index in [1.54, 1.807) is 26.4 Å². The van der Waals surface area contributed by atoms with Gasteiger partial charge < -0.3 is 19.5 Å². The van der Waals surface area contributed by atoms with E-state index < -0.39 is 0 Å². The van der Waals surface area contributed by atoms with E-state index in [1.807, 2.05) is 44.2 Å². The summed E-state index contributed by atoms with van der Waals surface area (Å²) in [5.41, 5.74) is 3.03. The monoisotopic (exact) mass is 355 g/mol. The molecule has 0 spiro atoms. The first-order chi connectivity index (χ1) is 12.5. The van der Waals surface area contributed by atoms with Crippen molar-refractivity contribution in [2.24, 2.45) is 0 Å². The molecule has 5 nitrogen and oxygen atoms in total. The molecule has 138 valence electrons. The van der Waals surface area contributed by atoms with Crippen molar-refractivity contribution in [1.82, 2.24) is 5.32 Å². The fourth-order valence-electron chi connectivity index (χ4n) is 2.54. The lowest BCUT2D eigenvalue weighted by Gasteiger charge is -2.11. The lowest BCUT2D eigenvalue weighted by atomic mass is 10.1. The number of hydrogen-bond donors (Lipinski definition) is 1. The van der Waals surface area contributed by atoms with Gasteiger partial charge in [0.25, 0.3) is 0 Å². The van der Waals surface area contributed by atoms with E-state index >= 15 is 0 Å². The van der Waals surface area contributed by atoms with Gasteiger partial charge in [-0.15, -0.1) is 0 Å². The third-order valence-corrected chi connectivity index (χ3v) is 3.89. The maximum Gasteiger partial charge on any atom is 0.244 e. The highest BCUT2D eigenvalue weighted by atomic mass is 16.5. The van der Waals surface area contributed by atoms with E-state index in [4.69, 9.17) is 14.2 Å². The number of carbonyl (C=O) groups excluding carboxylic acids is 1. The quantitative estimate of drug-likeness (QED) is 0.581. The molecule has 2 aromatic rings. The minimum atomic E-state index is -0.176. The minimum absolute atomic E-state index is 0.176. The molecule has 0 aliphatic rings. The van der Waals surface area contributed by atoms with Crippen molar-refractivity contribution in [3.05, 3.63) is 59.2 Å². The van der Waals surface area contributed by atoms with Crippen LogP contribution in [0.25, 0.3) is 6.08 Å². The van der Waals surface area contributed by atoms with Crippen molar-refractivity contribution in [1.29, 1.82) is 0 Å². The molecule has 0 saturated heterocycles. The van der Waals surface area contributed by atoms with E-state index in [1.165, 1.54) is 6.08 Å². The Morgan fingerprint density at radius 3 is 2.38 bits per heavy atom. The molecule has 0 heterocycles. The molecule has 0 aliphatic heterocycles. The van der Waals surface area contributed by atoms with Gasteiger partial charge in [0.2, 0.25) is 5.91 Å². The molecule has 0 aromatic heterocycles. The summed E-state index contributed by atoms with van der Waals surface area (Å²) in [6, 6.07) is 11.5. The number of methoxy groups -OCH3 is 2. The molecule has 26 heavy (non-hydrogen) atoms. The predicted octanol–water partition coefficient (Wildman–Crippen LogP) is 3.53.